The lowest BCUT2D eigenvalue weighted by Gasteiger charge is -2.34. The molecule has 3 aliphatic carbocycles. The molecular weight excluding hydrogens is 941 g/mol. The second-order valence-electron chi connectivity index (χ2n) is 21.6. The number of hydrogen-bond donors (Lipinski definition) is 0. The van der Waals surface area contributed by atoms with Gasteiger partial charge < -0.3 is 9.80 Å². The van der Waals surface area contributed by atoms with E-state index in [1.807, 2.05) is 0 Å². The van der Waals surface area contributed by atoms with Crippen molar-refractivity contribution in [3.63, 3.8) is 0 Å². The minimum absolute atomic E-state index is 0.174. The molecule has 1 unspecified atom stereocenters. The lowest BCUT2D eigenvalue weighted by Crippen LogP contribution is -2.26. The van der Waals surface area contributed by atoms with Gasteiger partial charge in [0.2, 0.25) is 0 Å². The van der Waals surface area contributed by atoms with E-state index in [1.165, 1.54) is 100 Å². The Morgan fingerprint density at radius 2 is 0.538 bits per heavy atom. The van der Waals surface area contributed by atoms with Gasteiger partial charge in [0, 0.05) is 39.4 Å². The van der Waals surface area contributed by atoms with Gasteiger partial charge in [-0.2, -0.15) is 0 Å². The number of para-hydroxylation sites is 1. The summed E-state index contributed by atoms with van der Waals surface area (Å²) in [4.78, 5) is 4.96. The molecule has 0 amide bonds. The summed E-state index contributed by atoms with van der Waals surface area (Å²) < 4.78 is 0. The lowest BCUT2D eigenvalue weighted by atomic mass is 9.70. The predicted molar refractivity (Wildman–Crippen MR) is 326 cm³/mol. The number of nitrogens with zero attached hydrogens (tertiary/aromatic N) is 2. The molecule has 3 aliphatic rings. The van der Waals surface area contributed by atoms with Gasteiger partial charge in [-0.05, 0) is 161 Å². The quantitative estimate of drug-likeness (QED) is 0.142. The molecule has 0 saturated heterocycles. The summed E-state index contributed by atoms with van der Waals surface area (Å²) in [5.41, 5.74) is 28.5. The van der Waals surface area contributed by atoms with Gasteiger partial charge in [-0.25, -0.2) is 0 Å². The van der Waals surface area contributed by atoms with E-state index in [1.54, 1.807) is 0 Å². The molecule has 368 valence electrons. The fourth-order valence-electron chi connectivity index (χ4n) is 13.5. The first-order valence-electron chi connectivity index (χ1n) is 27.2. The molecule has 0 aliphatic heterocycles. The van der Waals surface area contributed by atoms with Crippen LogP contribution in [0, 0.1) is 0 Å². The second-order valence-corrected chi connectivity index (χ2v) is 21.6. The van der Waals surface area contributed by atoms with E-state index < -0.39 is 5.41 Å². The van der Waals surface area contributed by atoms with Crippen molar-refractivity contribution in [1.29, 1.82) is 0 Å². The highest BCUT2D eigenvalue weighted by Crippen LogP contribution is 2.64. The van der Waals surface area contributed by atoms with Crippen LogP contribution < -0.4 is 9.80 Å². The van der Waals surface area contributed by atoms with Gasteiger partial charge in [0.05, 0.1) is 11.1 Å². The van der Waals surface area contributed by atoms with Gasteiger partial charge in [0.15, 0.2) is 0 Å². The zero-order chi connectivity index (χ0) is 52.0. The van der Waals surface area contributed by atoms with E-state index in [0.29, 0.717) is 0 Å². The Balaban J connectivity index is 0.950. The van der Waals surface area contributed by atoms with Crippen LogP contribution in [0.3, 0.4) is 0 Å². The zero-order valence-corrected chi connectivity index (χ0v) is 43.6. The standard InChI is InChI=1S/C76H54N2/c1-75(2)68-30-16-12-27-62(68)65-45-43-59(48-71(65)75)78(74-33-19-15-26-61(74)55-24-10-5-11-25-55)60-44-47-67-64-29-14-18-32-70(64)76(73(67)50-60)69-31-17-13-28-63(69)66-46-42-58(49-72(66)76)77(56-38-34-53(35-39-56)51-20-6-3-7-21-51)57-40-36-54(37-41-57)52-22-8-4-9-23-52/h3-50H,1-2H3. The maximum atomic E-state index is 2.53. The molecule has 0 N–H and O–H groups in total. The van der Waals surface area contributed by atoms with Crippen LogP contribution in [0.1, 0.15) is 47.2 Å². The highest BCUT2D eigenvalue weighted by molar-refractivity contribution is 5.99. The first kappa shape index (κ1) is 45.6. The molecule has 12 aromatic rings. The van der Waals surface area contributed by atoms with Gasteiger partial charge in [0.25, 0.3) is 0 Å². The van der Waals surface area contributed by atoms with Crippen molar-refractivity contribution in [2.24, 2.45) is 0 Å². The van der Waals surface area contributed by atoms with Crippen LogP contribution in [0.15, 0.2) is 291 Å². The Hall–Kier alpha value is -9.76. The topological polar surface area (TPSA) is 6.48 Å². The largest absolute Gasteiger partial charge is 0.310 e. The van der Waals surface area contributed by atoms with Crippen LogP contribution in [-0.2, 0) is 10.8 Å². The molecule has 0 radical (unpaired) electrons. The minimum atomic E-state index is -0.629. The van der Waals surface area contributed by atoms with E-state index in [-0.39, 0.29) is 5.41 Å². The van der Waals surface area contributed by atoms with Crippen molar-refractivity contribution in [3.05, 3.63) is 325 Å². The van der Waals surface area contributed by atoms with Crippen molar-refractivity contribution >= 4 is 34.1 Å². The summed E-state index contributed by atoms with van der Waals surface area (Å²) >= 11 is 0. The average molecular weight is 995 g/mol. The Bertz CT molecular complexity index is 4180. The molecule has 15 rings (SSSR count). The highest BCUT2D eigenvalue weighted by atomic mass is 15.2. The van der Waals surface area contributed by atoms with E-state index in [4.69, 9.17) is 0 Å². The van der Waals surface area contributed by atoms with Crippen LogP contribution in [0.4, 0.5) is 34.1 Å². The SMILES string of the molecule is CC1(C)c2ccccc2-c2ccc(N(c3ccc4c(c3)C3(c5ccccc5-c5ccc(N(c6ccc(-c7ccccc7)cc6)c6ccc(-c7ccccc7)cc6)cc53)c3ccccc3-4)c3ccccc3-c3ccccc3)cc21. The molecule has 2 heteroatoms. The Morgan fingerprint density at radius 1 is 0.218 bits per heavy atom. The lowest BCUT2D eigenvalue weighted by molar-refractivity contribution is 0.660. The maximum absolute atomic E-state index is 2.53. The van der Waals surface area contributed by atoms with Gasteiger partial charge in [-0.1, -0.05) is 238 Å². The summed E-state index contributed by atoms with van der Waals surface area (Å²) in [6.07, 6.45) is 0. The maximum Gasteiger partial charge on any atom is 0.0727 e. The summed E-state index contributed by atoms with van der Waals surface area (Å²) in [6, 6.07) is 108. The molecule has 1 spiro atoms. The molecule has 1 atom stereocenters. The minimum Gasteiger partial charge on any atom is -0.310 e. The van der Waals surface area contributed by atoms with Crippen LogP contribution >= 0.6 is 0 Å². The summed E-state index contributed by atoms with van der Waals surface area (Å²) in [5, 5.41) is 0. The summed E-state index contributed by atoms with van der Waals surface area (Å²) in [5.74, 6) is 0. The third-order valence-electron chi connectivity index (χ3n) is 17.1. The second kappa shape index (κ2) is 17.9. The number of fused-ring (bicyclic) bond motifs is 13. The number of hydrogen-bond acceptors (Lipinski definition) is 2. The van der Waals surface area contributed by atoms with Gasteiger partial charge in [0.1, 0.15) is 0 Å². The monoisotopic (exact) mass is 994 g/mol. The summed E-state index contributed by atoms with van der Waals surface area (Å²) in [7, 11) is 0. The Labute approximate surface area is 457 Å². The van der Waals surface area contributed by atoms with Crippen molar-refractivity contribution < 1.29 is 0 Å². The molecule has 0 saturated carbocycles. The molecule has 0 heterocycles. The summed E-state index contributed by atoms with van der Waals surface area (Å²) in [6.45, 7) is 4.76. The number of anilines is 6. The third-order valence-corrected chi connectivity index (χ3v) is 17.1. The van der Waals surface area contributed by atoms with Gasteiger partial charge in [-0.3, -0.25) is 0 Å². The van der Waals surface area contributed by atoms with Gasteiger partial charge in [-0.15, -0.1) is 0 Å². The first-order valence-corrected chi connectivity index (χ1v) is 27.2. The van der Waals surface area contributed by atoms with E-state index in [2.05, 4.69) is 315 Å². The smallest absolute Gasteiger partial charge is 0.0727 e. The molecule has 12 aromatic carbocycles. The van der Waals surface area contributed by atoms with Gasteiger partial charge >= 0.3 is 0 Å². The molecule has 78 heavy (non-hydrogen) atoms. The fraction of sp³-hybridized carbons (Fsp3) is 0.0526. The normalized spacial score (nSPS) is 14.7. The van der Waals surface area contributed by atoms with Crippen molar-refractivity contribution in [2.75, 3.05) is 9.80 Å². The van der Waals surface area contributed by atoms with E-state index in [0.717, 1.165) is 34.1 Å². The molecule has 0 bridgehead atoms. The van der Waals surface area contributed by atoms with Crippen LogP contribution in [-0.4, -0.2) is 0 Å². The van der Waals surface area contributed by atoms with E-state index >= 15 is 0 Å². The van der Waals surface area contributed by atoms with Crippen molar-refractivity contribution in [3.8, 4) is 66.8 Å². The van der Waals surface area contributed by atoms with Crippen LogP contribution in [0.2, 0.25) is 0 Å². The predicted octanol–water partition coefficient (Wildman–Crippen LogP) is 20.3. The molecule has 0 aromatic heterocycles. The van der Waals surface area contributed by atoms with Crippen molar-refractivity contribution in [2.45, 2.75) is 24.7 Å². The van der Waals surface area contributed by atoms with E-state index in [9.17, 15) is 0 Å². The first-order chi connectivity index (χ1) is 38.4. The average Bonchev–Trinajstić information content (AvgIpc) is 3.07. The Kier molecular flexibility index (Phi) is 10.5. The number of rotatable bonds is 9. The Morgan fingerprint density at radius 3 is 1.03 bits per heavy atom. The molecule has 0 fully saturated rings. The molecule has 2 nitrogen and oxygen atoms in total. The fourth-order valence-corrected chi connectivity index (χ4v) is 13.5. The zero-order valence-electron chi connectivity index (χ0n) is 43.6. The van der Waals surface area contributed by atoms with Crippen molar-refractivity contribution in [1.82, 2.24) is 0 Å². The van der Waals surface area contributed by atoms with Crippen LogP contribution in [0.25, 0.3) is 66.8 Å². The third kappa shape index (κ3) is 6.96. The number of benzene rings is 12. The highest BCUT2D eigenvalue weighted by Gasteiger charge is 2.52. The molecular formula is C76H54N2. The van der Waals surface area contributed by atoms with Crippen LogP contribution in [0.5, 0.6) is 0 Å².